The molecule has 2 aliphatic rings. The Morgan fingerprint density at radius 3 is 2.91 bits per heavy atom. The van der Waals surface area contributed by atoms with E-state index in [1.807, 2.05) is 6.92 Å². The largest absolute Gasteiger partial charge is 0.391 e. The molecule has 2 unspecified atom stereocenters. The number of hydrogen-bond donors (Lipinski definition) is 0. The maximum atomic E-state index is 11.1. The quantitative estimate of drug-likeness (QED) is 0.512. The molecule has 2 rings (SSSR count). The lowest BCUT2D eigenvalue weighted by Crippen LogP contribution is -2.18. The van der Waals surface area contributed by atoms with E-state index in [4.69, 9.17) is 4.84 Å². The summed E-state index contributed by atoms with van der Waals surface area (Å²) in [5.41, 5.74) is 0.816. The average Bonchev–Trinajstić information content (AvgIpc) is 2.31. The van der Waals surface area contributed by atoms with Crippen molar-refractivity contribution in [1.82, 2.24) is 0 Å². The molecule has 1 fully saturated rings. The molecule has 11 heavy (non-hydrogen) atoms. The predicted octanol–water partition coefficient (Wildman–Crippen LogP) is -0.194. The summed E-state index contributed by atoms with van der Waals surface area (Å²) < 4.78 is 22.1. The number of fused-ring (bicyclic) bond motifs is 1. The van der Waals surface area contributed by atoms with E-state index in [1.165, 1.54) is 0 Å². The second-order valence-corrected chi connectivity index (χ2v) is 5.21. The Kier molecular flexibility index (Phi) is 1.27. The third-order valence-corrected chi connectivity index (χ3v) is 3.87. The average molecular weight is 175 g/mol. The Bertz CT molecular complexity index is 306. The Morgan fingerprint density at radius 1 is 1.55 bits per heavy atom. The fraction of sp³-hybridized carbons (Fsp3) is 0.833. The van der Waals surface area contributed by atoms with Crippen LogP contribution in [0.4, 0.5) is 0 Å². The van der Waals surface area contributed by atoms with Gasteiger partial charge in [0.1, 0.15) is 0 Å². The minimum absolute atomic E-state index is 0.0278. The van der Waals surface area contributed by atoms with Gasteiger partial charge in [0.15, 0.2) is 15.9 Å². The summed E-state index contributed by atoms with van der Waals surface area (Å²) in [5, 5.41) is 3.74. The fourth-order valence-electron chi connectivity index (χ4n) is 1.53. The van der Waals surface area contributed by atoms with Crippen LogP contribution in [0.2, 0.25) is 0 Å². The molecular weight excluding hydrogens is 166 g/mol. The topological polar surface area (TPSA) is 55.7 Å². The van der Waals surface area contributed by atoms with Crippen LogP contribution >= 0.6 is 0 Å². The van der Waals surface area contributed by atoms with Crippen LogP contribution in [0, 0.1) is 5.92 Å². The molecular formula is C6H9NO3S. The van der Waals surface area contributed by atoms with Crippen molar-refractivity contribution in [1.29, 1.82) is 0 Å². The van der Waals surface area contributed by atoms with Crippen molar-refractivity contribution >= 4 is 15.5 Å². The van der Waals surface area contributed by atoms with Gasteiger partial charge in [-0.15, -0.1) is 0 Å². The van der Waals surface area contributed by atoms with E-state index in [0.717, 1.165) is 5.71 Å². The van der Waals surface area contributed by atoms with Crippen molar-refractivity contribution < 1.29 is 13.3 Å². The number of oxime groups is 1. The lowest BCUT2D eigenvalue weighted by molar-refractivity contribution is 0.0882. The number of sulfone groups is 1. The molecule has 0 aromatic rings. The van der Waals surface area contributed by atoms with Crippen LogP contribution in [-0.2, 0) is 14.7 Å². The van der Waals surface area contributed by atoms with Crippen LogP contribution in [0.15, 0.2) is 5.16 Å². The predicted molar refractivity (Wildman–Crippen MR) is 40.1 cm³/mol. The van der Waals surface area contributed by atoms with Gasteiger partial charge < -0.3 is 4.84 Å². The summed E-state index contributed by atoms with van der Waals surface area (Å²) in [5.74, 6) is 0.380. The van der Waals surface area contributed by atoms with E-state index < -0.39 is 9.84 Å². The maximum absolute atomic E-state index is 11.1. The number of nitrogens with zero attached hydrogens (tertiary/aromatic N) is 1. The third kappa shape index (κ3) is 1.03. The van der Waals surface area contributed by atoms with Crippen molar-refractivity contribution in [2.75, 3.05) is 11.5 Å². The van der Waals surface area contributed by atoms with Crippen molar-refractivity contribution in [3.63, 3.8) is 0 Å². The van der Waals surface area contributed by atoms with Gasteiger partial charge in [-0.25, -0.2) is 8.42 Å². The molecule has 0 aromatic heterocycles. The van der Waals surface area contributed by atoms with Crippen LogP contribution in [0.25, 0.3) is 0 Å². The van der Waals surface area contributed by atoms with Gasteiger partial charge in [0.05, 0.1) is 23.1 Å². The van der Waals surface area contributed by atoms with E-state index in [0.29, 0.717) is 0 Å². The first-order chi connectivity index (χ1) is 5.08. The molecule has 0 spiro atoms. The fourth-order valence-corrected chi connectivity index (χ4v) is 3.46. The van der Waals surface area contributed by atoms with Gasteiger partial charge in [0.2, 0.25) is 0 Å². The number of rotatable bonds is 0. The standard InChI is InChI=1S/C6H9NO3S/c1-4-5-2-11(8,9)3-6(5)10-7-4/h5-6H,2-3H2,1H3. The van der Waals surface area contributed by atoms with E-state index in [9.17, 15) is 8.42 Å². The first-order valence-corrected chi connectivity index (χ1v) is 5.31. The summed E-state index contributed by atoms with van der Waals surface area (Å²) in [4.78, 5) is 4.93. The van der Waals surface area contributed by atoms with Crippen molar-refractivity contribution in [3.05, 3.63) is 0 Å². The van der Waals surface area contributed by atoms with E-state index in [1.54, 1.807) is 0 Å². The van der Waals surface area contributed by atoms with E-state index in [-0.39, 0.29) is 23.5 Å². The summed E-state index contributed by atoms with van der Waals surface area (Å²) in [6.45, 7) is 1.81. The smallest absolute Gasteiger partial charge is 0.154 e. The van der Waals surface area contributed by atoms with Gasteiger partial charge in [0, 0.05) is 0 Å². The molecule has 1 saturated heterocycles. The van der Waals surface area contributed by atoms with Crippen molar-refractivity contribution in [2.24, 2.45) is 11.1 Å². The highest BCUT2D eigenvalue weighted by Gasteiger charge is 2.44. The van der Waals surface area contributed by atoms with Crippen molar-refractivity contribution in [2.45, 2.75) is 13.0 Å². The highest BCUT2D eigenvalue weighted by atomic mass is 32.2. The van der Waals surface area contributed by atoms with E-state index >= 15 is 0 Å². The second kappa shape index (κ2) is 1.97. The van der Waals surface area contributed by atoms with Crippen LogP contribution in [0.5, 0.6) is 0 Å². The van der Waals surface area contributed by atoms with Crippen LogP contribution in [-0.4, -0.2) is 31.7 Å². The van der Waals surface area contributed by atoms with E-state index in [2.05, 4.69) is 5.16 Å². The molecule has 0 saturated carbocycles. The molecule has 0 amide bonds. The molecule has 0 N–H and O–H groups in total. The van der Waals surface area contributed by atoms with Gasteiger partial charge in [-0.2, -0.15) is 0 Å². The molecule has 2 aliphatic heterocycles. The zero-order valence-electron chi connectivity index (χ0n) is 6.15. The first-order valence-electron chi connectivity index (χ1n) is 3.49. The molecule has 2 atom stereocenters. The molecule has 62 valence electrons. The summed E-state index contributed by atoms with van der Waals surface area (Å²) in [6, 6.07) is 0. The van der Waals surface area contributed by atoms with Crippen LogP contribution in [0.3, 0.4) is 0 Å². The summed E-state index contributed by atoms with van der Waals surface area (Å²) >= 11 is 0. The number of hydrogen-bond acceptors (Lipinski definition) is 4. The maximum Gasteiger partial charge on any atom is 0.154 e. The Morgan fingerprint density at radius 2 is 2.27 bits per heavy atom. The van der Waals surface area contributed by atoms with Gasteiger partial charge >= 0.3 is 0 Å². The monoisotopic (exact) mass is 175 g/mol. The minimum atomic E-state index is -2.84. The Balaban J connectivity index is 2.29. The highest BCUT2D eigenvalue weighted by molar-refractivity contribution is 7.91. The molecule has 0 aromatic carbocycles. The minimum Gasteiger partial charge on any atom is -0.391 e. The molecule has 0 aliphatic carbocycles. The SMILES string of the molecule is CC1=NOC2CS(=O)(=O)CC12. The molecule has 5 heteroatoms. The van der Waals surface area contributed by atoms with Crippen molar-refractivity contribution in [3.8, 4) is 0 Å². The molecule has 0 bridgehead atoms. The Hall–Kier alpha value is -0.580. The lowest BCUT2D eigenvalue weighted by atomic mass is 10.0. The second-order valence-electron chi connectivity index (χ2n) is 3.06. The van der Waals surface area contributed by atoms with Gasteiger partial charge in [-0.05, 0) is 6.92 Å². The Labute approximate surface area is 65.1 Å². The zero-order valence-corrected chi connectivity index (χ0v) is 6.97. The van der Waals surface area contributed by atoms with Crippen LogP contribution < -0.4 is 0 Å². The molecule has 2 heterocycles. The third-order valence-electron chi connectivity index (χ3n) is 2.17. The lowest BCUT2D eigenvalue weighted by Gasteiger charge is -2.01. The normalized spacial score (nSPS) is 39.5. The molecule has 0 radical (unpaired) electrons. The van der Waals surface area contributed by atoms with Gasteiger partial charge in [-0.3, -0.25) is 0 Å². The van der Waals surface area contributed by atoms with Gasteiger partial charge in [0.25, 0.3) is 0 Å². The summed E-state index contributed by atoms with van der Waals surface area (Å²) in [6.07, 6.45) is -0.194. The highest BCUT2D eigenvalue weighted by Crippen LogP contribution is 2.28. The molecule has 4 nitrogen and oxygen atoms in total. The van der Waals surface area contributed by atoms with Crippen LogP contribution in [0.1, 0.15) is 6.92 Å². The first kappa shape index (κ1) is 7.09. The zero-order chi connectivity index (χ0) is 8.06. The summed E-state index contributed by atoms with van der Waals surface area (Å²) in [7, 11) is -2.84. The van der Waals surface area contributed by atoms with Gasteiger partial charge in [-0.1, -0.05) is 5.16 Å².